The number of amides is 1. The second-order valence-electron chi connectivity index (χ2n) is 7.02. The lowest BCUT2D eigenvalue weighted by molar-refractivity contribution is -0.112. The molecule has 1 aliphatic heterocycles. The third-order valence-electron chi connectivity index (χ3n) is 4.28. The van der Waals surface area contributed by atoms with Crippen LogP contribution in [0, 0.1) is 18.3 Å². The molecule has 1 heterocycles. The third kappa shape index (κ3) is 3.56. The molecule has 25 heavy (non-hydrogen) atoms. The predicted octanol–water partition coefficient (Wildman–Crippen LogP) is 3.79. The molecule has 0 spiro atoms. The monoisotopic (exact) mass is 331 g/mol. The van der Waals surface area contributed by atoms with Crippen molar-refractivity contribution in [1.82, 2.24) is 5.32 Å². The summed E-state index contributed by atoms with van der Waals surface area (Å²) in [6, 6.07) is 17.5. The van der Waals surface area contributed by atoms with Gasteiger partial charge in [-0.2, -0.15) is 5.26 Å². The normalized spacial score (nSPS) is 16.9. The minimum absolute atomic E-state index is 0.0980. The molecule has 0 unspecified atom stereocenters. The van der Waals surface area contributed by atoms with Gasteiger partial charge in [0, 0.05) is 16.8 Å². The van der Waals surface area contributed by atoms with Crippen molar-refractivity contribution in [3.63, 3.8) is 0 Å². The maximum absolute atomic E-state index is 12.7. The van der Waals surface area contributed by atoms with E-state index >= 15 is 0 Å². The van der Waals surface area contributed by atoms with Crippen LogP contribution in [0.25, 0.3) is 5.70 Å². The molecular formula is C21H21N3O. The van der Waals surface area contributed by atoms with E-state index in [1.165, 1.54) is 0 Å². The van der Waals surface area contributed by atoms with E-state index < -0.39 is 5.91 Å². The van der Waals surface area contributed by atoms with Gasteiger partial charge in [0.05, 0.1) is 5.70 Å². The van der Waals surface area contributed by atoms with Gasteiger partial charge in [0.2, 0.25) is 0 Å². The Kier molecular flexibility index (Phi) is 4.33. The highest BCUT2D eigenvalue weighted by atomic mass is 16.1. The van der Waals surface area contributed by atoms with Crippen LogP contribution >= 0.6 is 0 Å². The van der Waals surface area contributed by atoms with Crippen molar-refractivity contribution in [3.8, 4) is 6.07 Å². The summed E-state index contributed by atoms with van der Waals surface area (Å²) in [6.07, 6.45) is 0.838. The number of fused-ring (bicyclic) bond motifs is 1. The SMILES string of the molecule is Cc1ccc(NC(=O)/C(C#N)=C2\NC(C)(C)Cc3ccccc32)cc1. The minimum Gasteiger partial charge on any atom is -0.378 e. The van der Waals surface area contributed by atoms with E-state index in [1.54, 1.807) is 0 Å². The van der Waals surface area contributed by atoms with Crippen LogP contribution in [0.5, 0.6) is 0 Å². The molecule has 0 atom stereocenters. The van der Waals surface area contributed by atoms with Crippen molar-refractivity contribution in [2.45, 2.75) is 32.7 Å². The Balaban J connectivity index is 2.02. The zero-order valence-corrected chi connectivity index (χ0v) is 14.7. The number of nitriles is 1. The smallest absolute Gasteiger partial charge is 0.268 e. The van der Waals surface area contributed by atoms with Crippen LogP contribution in [0.15, 0.2) is 54.1 Å². The zero-order valence-electron chi connectivity index (χ0n) is 14.7. The molecule has 4 nitrogen and oxygen atoms in total. The second-order valence-corrected chi connectivity index (χ2v) is 7.02. The van der Waals surface area contributed by atoms with Crippen LogP contribution in [0.2, 0.25) is 0 Å². The van der Waals surface area contributed by atoms with E-state index in [9.17, 15) is 10.1 Å². The fraction of sp³-hybridized carbons (Fsp3) is 0.238. The Morgan fingerprint density at radius 3 is 2.52 bits per heavy atom. The van der Waals surface area contributed by atoms with Gasteiger partial charge in [-0.1, -0.05) is 42.0 Å². The van der Waals surface area contributed by atoms with E-state index in [4.69, 9.17) is 0 Å². The van der Waals surface area contributed by atoms with Crippen molar-refractivity contribution in [1.29, 1.82) is 5.26 Å². The van der Waals surface area contributed by atoms with Gasteiger partial charge in [-0.05, 0) is 44.9 Å². The van der Waals surface area contributed by atoms with Gasteiger partial charge in [-0.3, -0.25) is 4.79 Å². The van der Waals surface area contributed by atoms with Crippen molar-refractivity contribution in [2.24, 2.45) is 0 Å². The number of anilines is 1. The highest BCUT2D eigenvalue weighted by molar-refractivity contribution is 6.12. The number of carbonyl (C=O) groups excluding carboxylic acids is 1. The number of nitrogens with one attached hydrogen (secondary N) is 2. The number of aryl methyl sites for hydroxylation is 1. The topological polar surface area (TPSA) is 64.9 Å². The van der Waals surface area contributed by atoms with Gasteiger partial charge in [0.25, 0.3) is 5.91 Å². The minimum atomic E-state index is -0.402. The summed E-state index contributed by atoms with van der Waals surface area (Å²) in [7, 11) is 0. The highest BCUT2D eigenvalue weighted by Crippen LogP contribution is 2.31. The van der Waals surface area contributed by atoms with E-state index in [0.717, 1.165) is 23.1 Å². The van der Waals surface area contributed by atoms with Crippen LogP contribution in [0.1, 0.15) is 30.5 Å². The van der Waals surface area contributed by atoms with Crippen molar-refractivity contribution < 1.29 is 4.79 Å². The molecular weight excluding hydrogens is 310 g/mol. The summed E-state index contributed by atoms with van der Waals surface area (Å²) < 4.78 is 0. The average Bonchev–Trinajstić information content (AvgIpc) is 2.56. The number of benzene rings is 2. The first-order chi connectivity index (χ1) is 11.9. The maximum Gasteiger partial charge on any atom is 0.268 e. The standard InChI is InChI=1S/C21H21N3O/c1-14-8-10-16(11-9-14)23-20(25)18(13-22)19-17-7-5-4-6-15(17)12-21(2,3)24-19/h4-11,24H,12H2,1-3H3,(H,23,25)/b19-18-. The van der Waals surface area contributed by atoms with Crippen LogP contribution in [-0.2, 0) is 11.2 Å². The third-order valence-corrected chi connectivity index (χ3v) is 4.28. The number of nitrogens with zero attached hydrogens (tertiary/aromatic N) is 1. The molecule has 2 aromatic rings. The summed E-state index contributed by atoms with van der Waals surface area (Å²) in [5.41, 5.74) is 4.30. The zero-order chi connectivity index (χ0) is 18.0. The first-order valence-electron chi connectivity index (χ1n) is 8.28. The average molecular weight is 331 g/mol. The lowest BCUT2D eigenvalue weighted by atomic mass is 9.84. The Bertz CT molecular complexity index is 886. The number of carbonyl (C=O) groups is 1. The molecule has 1 amide bonds. The summed E-state index contributed by atoms with van der Waals surface area (Å²) in [6.45, 7) is 6.12. The highest BCUT2D eigenvalue weighted by Gasteiger charge is 2.30. The predicted molar refractivity (Wildman–Crippen MR) is 99.7 cm³/mol. The van der Waals surface area contributed by atoms with Crippen molar-refractivity contribution >= 4 is 17.3 Å². The maximum atomic E-state index is 12.7. The molecule has 0 aliphatic carbocycles. The molecule has 0 aromatic heterocycles. The van der Waals surface area contributed by atoms with Crippen molar-refractivity contribution in [2.75, 3.05) is 5.32 Å². The largest absolute Gasteiger partial charge is 0.378 e. The lowest BCUT2D eigenvalue weighted by Crippen LogP contribution is -2.44. The lowest BCUT2D eigenvalue weighted by Gasteiger charge is -2.36. The summed E-state index contributed by atoms with van der Waals surface area (Å²) >= 11 is 0. The molecule has 3 rings (SSSR count). The molecule has 1 aliphatic rings. The van der Waals surface area contributed by atoms with Crippen LogP contribution < -0.4 is 10.6 Å². The quantitative estimate of drug-likeness (QED) is 0.650. The van der Waals surface area contributed by atoms with Gasteiger partial charge >= 0.3 is 0 Å². The van der Waals surface area contributed by atoms with E-state index in [-0.39, 0.29) is 11.1 Å². The van der Waals surface area contributed by atoms with Gasteiger partial charge in [0.1, 0.15) is 11.6 Å². The first-order valence-corrected chi connectivity index (χ1v) is 8.28. The molecule has 0 bridgehead atoms. The van der Waals surface area contributed by atoms with Crippen LogP contribution in [0.4, 0.5) is 5.69 Å². The summed E-state index contributed by atoms with van der Waals surface area (Å²) in [5.74, 6) is -0.402. The Hall–Kier alpha value is -3.06. The fourth-order valence-corrected chi connectivity index (χ4v) is 3.09. The number of hydrogen-bond acceptors (Lipinski definition) is 3. The molecule has 2 N–H and O–H groups in total. The van der Waals surface area contributed by atoms with Crippen molar-refractivity contribution in [3.05, 3.63) is 70.8 Å². The molecule has 0 radical (unpaired) electrons. The molecule has 0 fully saturated rings. The van der Waals surface area contributed by atoms with E-state index in [1.807, 2.05) is 55.5 Å². The molecule has 2 aromatic carbocycles. The Labute approximate surface area is 148 Å². The molecule has 0 saturated carbocycles. The molecule has 0 saturated heterocycles. The fourth-order valence-electron chi connectivity index (χ4n) is 3.09. The second kappa shape index (κ2) is 6.45. The Morgan fingerprint density at radius 1 is 1.16 bits per heavy atom. The summed E-state index contributed by atoms with van der Waals surface area (Å²) in [5, 5.41) is 15.8. The van der Waals surface area contributed by atoms with Gasteiger partial charge in [-0.25, -0.2) is 0 Å². The molecule has 4 heteroatoms. The first kappa shape index (κ1) is 16.8. The van der Waals surface area contributed by atoms with Gasteiger partial charge in [-0.15, -0.1) is 0 Å². The summed E-state index contributed by atoms with van der Waals surface area (Å²) in [4.78, 5) is 12.7. The van der Waals surface area contributed by atoms with E-state index in [2.05, 4.69) is 30.6 Å². The van der Waals surface area contributed by atoms with E-state index in [0.29, 0.717) is 11.4 Å². The van der Waals surface area contributed by atoms with Gasteiger partial charge < -0.3 is 10.6 Å². The molecule has 126 valence electrons. The van der Waals surface area contributed by atoms with Crippen LogP contribution in [0.3, 0.4) is 0 Å². The van der Waals surface area contributed by atoms with Gasteiger partial charge in [0.15, 0.2) is 0 Å². The number of rotatable bonds is 2. The van der Waals surface area contributed by atoms with Crippen LogP contribution in [-0.4, -0.2) is 11.4 Å². The number of hydrogen-bond donors (Lipinski definition) is 2. The Morgan fingerprint density at radius 2 is 1.84 bits per heavy atom.